The normalized spacial score (nSPS) is 30.2. The van der Waals surface area contributed by atoms with Crippen molar-refractivity contribution in [2.24, 2.45) is 11.8 Å². The maximum absolute atomic E-state index is 13.7. The van der Waals surface area contributed by atoms with Crippen molar-refractivity contribution in [1.29, 1.82) is 0 Å². The van der Waals surface area contributed by atoms with Gasteiger partial charge in [-0.15, -0.1) is 0 Å². The van der Waals surface area contributed by atoms with Crippen LogP contribution in [0, 0.1) is 11.8 Å². The second-order valence-corrected chi connectivity index (χ2v) is 9.39. The van der Waals surface area contributed by atoms with E-state index in [1.165, 1.54) is 4.90 Å². The smallest absolute Gasteiger partial charge is 0.246 e. The van der Waals surface area contributed by atoms with E-state index in [0.717, 1.165) is 5.56 Å². The van der Waals surface area contributed by atoms with Crippen LogP contribution in [0.25, 0.3) is 0 Å². The Morgan fingerprint density at radius 3 is 2.47 bits per heavy atom. The zero-order chi connectivity index (χ0) is 23.9. The lowest BCUT2D eigenvalue weighted by molar-refractivity contribution is -0.144. The summed E-state index contributed by atoms with van der Waals surface area (Å²) in [5, 5.41) is 15.7. The predicted molar refractivity (Wildman–Crippen MR) is 124 cm³/mol. The van der Waals surface area contributed by atoms with Crippen LogP contribution in [0.15, 0.2) is 60.7 Å². The molecule has 34 heavy (non-hydrogen) atoms. The molecule has 2 aromatic carbocycles. The van der Waals surface area contributed by atoms with Crippen LogP contribution in [0.2, 0.25) is 0 Å². The van der Waals surface area contributed by atoms with Crippen LogP contribution in [0.4, 0.5) is 5.69 Å². The Morgan fingerprint density at radius 1 is 1.12 bits per heavy atom. The molecule has 6 atom stereocenters. The first kappa shape index (κ1) is 22.6. The summed E-state index contributed by atoms with van der Waals surface area (Å²) in [6.45, 7) is 1.73. The van der Waals surface area contributed by atoms with Crippen LogP contribution in [0.1, 0.15) is 25.3 Å². The zero-order valence-electron chi connectivity index (χ0n) is 19.0. The van der Waals surface area contributed by atoms with Gasteiger partial charge in [0, 0.05) is 12.2 Å². The molecule has 3 N–H and O–H groups in total. The molecule has 0 radical (unpaired) electrons. The number of benzene rings is 2. The highest BCUT2D eigenvalue weighted by Crippen LogP contribution is 2.58. The Labute approximate surface area is 198 Å². The molecule has 0 aromatic heterocycles. The largest absolute Gasteiger partial charge is 0.394 e. The number of ether oxygens (including phenoxy) is 1. The monoisotopic (exact) mass is 463 g/mol. The number of likely N-dealkylation sites (tertiary alicyclic amines) is 1. The number of nitrogens with zero attached hydrogens (tertiary/aromatic N) is 1. The molecule has 5 rings (SSSR count). The lowest BCUT2D eigenvalue weighted by Gasteiger charge is -2.35. The van der Waals surface area contributed by atoms with Crippen LogP contribution in [-0.4, -0.2) is 58.1 Å². The molecule has 3 amide bonds. The van der Waals surface area contributed by atoms with Gasteiger partial charge in [-0.2, -0.15) is 0 Å². The number of para-hydroxylation sites is 1. The minimum absolute atomic E-state index is 0.280. The van der Waals surface area contributed by atoms with E-state index in [2.05, 4.69) is 10.6 Å². The number of rotatable bonds is 7. The summed E-state index contributed by atoms with van der Waals surface area (Å²) in [5.41, 5.74) is 0.505. The van der Waals surface area contributed by atoms with E-state index in [1.807, 2.05) is 48.5 Å². The van der Waals surface area contributed by atoms with E-state index in [0.29, 0.717) is 25.1 Å². The molecule has 0 saturated carbocycles. The quantitative estimate of drug-likeness (QED) is 0.579. The summed E-state index contributed by atoms with van der Waals surface area (Å²) >= 11 is 0. The molecule has 0 aliphatic carbocycles. The molecule has 2 unspecified atom stereocenters. The fourth-order valence-electron chi connectivity index (χ4n) is 5.88. The van der Waals surface area contributed by atoms with Crippen molar-refractivity contribution in [2.75, 3.05) is 11.9 Å². The van der Waals surface area contributed by atoms with Gasteiger partial charge in [-0.3, -0.25) is 14.4 Å². The average Bonchev–Trinajstić information content (AvgIpc) is 3.50. The number of anilines is 1. The SMILES string of the molecule is C[C@H](CO)N1C(=O)[C@@H]2[C@H](C(=O)Nc3ccccc3)[C@@H]3CCC2(O3)C1C(=O)NCc1ccccc1. The Balaban J connectivity index is 1.43. The van der Waals surface area contributed by atoms with Crippen molar-refractivity contribution < 1.29 is 24.2 Å². The highest BCUT2D eigenvalue weighted by molar-refractivity contribution is 6.02. The third-order valence-electron chi connectivity index (χ3n) is 7.38. The van der Waals surface area contributed by atoms with E-state index >= 15 is 0 Å². The minimum Gasteiger partial charge on any atom is -0.394 e. The second-order valence-electron chi connectivity index (χ2n) is 9.39. The Hall–Kier alpha value is -3.23. The number of aliphatic hydroxyl groups excluding tert-OH is 1. The topological polar surface area (TPSA) is 108 Å². The molecule has 8 nitrogen and oxygen atoms in total. The van der Waals surface area contributed by atoms with Gasteiger partial charge in [-0.25, -0.2) is 0 Å². The van der Waals surface area contributed by atoms with Crippen molar-refractivity contribution >= 4 is 23.4 Å². The van der Waals surface area contributed by atoms with Crippen molar-refractivity contribution in [2.45, 2.75) is 50.1 Å². The van der Waals surface area contributed by atoms with Crippen molar-refractivity contribution in [3.63, 3.8) is 0 Å². The predicted octanol–water partition coefficient (Wildman–Crippen LogP) is 1.70. The zero-order valence-corrected chi connectivity index (χ0v) is 19.0. The molecule has 8 heteroatoms. The molecule has 3 fully saturated rings. The lowest BCUT2D eigenvalue weighted by atomic mass is 9.70. The molecule has 3 aliphatic heterocycles. The molecule has 178 valence electrons. The summed E-state index contributed by atoms with van der Waals surface area (Å²) in [7, 11) is 0. The van der Waals surface area contributed by atoms with E-state index in [9.17, 15) is 19.5 Å². The first-order valence-electron chi connectivity index (χ1n) is 11.7. The third kappa shape index (κ3) is 3.58. The van der Waals surface area contributed by atoms with Crippen LogP contribution in [-0.2, 0) is 25.7 Å². The molecule has 1 spiro atoms. The van der Waals surface area contributed by atoms with E-state index < -0.39 is 35.6 Å². The molecule has 3 saturated heterocycles. The van der Waals surface area contributed by atoms with E-state index in [1.54, 1.807) is 19.1 Å². The van der Waals surface area contributed by atoms with Gasteiger partial charge in [0.25, 0.3) is 0 Å². The number of fused-ring (bicyclic) bond motifs is 1. The Bertz CT molecular complexity index is 1080. The van der Waals surface area contributed by atoms with Crippen LogP contribution in [0.3, 0.4) is 0 Å². The summed E-state index contributed by atoms with van der Waals surface area (Å²) < 4.78 is 6.37. The Morgan fingerprint density at radius 2 is 1.79 bits per heavy atom. The Kier molecular flexibility index (Phi) is 5.87. The number of carbonyl (C=O) groups excluding carboxylic acids is 3. The molecular formula is C26H29N3O5. The summed E-state index contributed by atoms with van der Waals surface area (Å²) in [6.07, 6.45) is 0.690. The van der Waals surface area contributed by atoms with Gasteiger partial charge >= 0.3 is 0 Å². The molecule has 2 aromatic rings. The number of nitrogens with one attached hydrogen (secondary N) is 2. The van der Waals surface area contributed by atoms with E-state index in [-0.39, 0.29) is 24.3 Å². The fourth-order valence-corrected chi connectivity index (χ4v) is 5.88. The maximum atomic E-state index is 13.7. The number of aliphatic hydroxyl groups is 1. The molecule has 3 heterocycles. The van der Waals surface area contributed by atoms with Crippen LogP contribution >= 0.6 is 0 Å². The third-order valence-corrected chi connectivity index (χ3v) is 7.38. The van der Waals surface area contributed by atoms with Crippen LogP contribution in [0.5, 0.6) is 0 Å². The van der Waals surface area contributed by atoms with Gasteiger partial charge in [0.2, 0.25) is 17.7 Å². The molecular weight excluding hydrogens is 434 g/mol. The van der Waals surface area contributed by atoms with E-state index in [4.69, 9.17) is 4.74 Å². The number of hydrogen-bond acceptors (Lipinski definition) is 5. The molecule has 3 aliphatic rings. The minimum atomic E-state index is -1.08. The summed E-state index contributed by atoms with van der Waals surface area (Å²) in [6, 6.07) is 17.1. The number of amides is 3. The highest BCUT2D eigenvalue weighted by atomic mass is 16.5. The van der Waals surface area contributed by atoms with Crippen molar-refractivity contribution in [3.8, 4) is 0 Å². The number of carbonyl (C=O) groups is 3. The van der Waals surface area contributed by atoms with Gasteiger partial charge in [0.1, 0.15) is 11.6 Å². The molecule has 2 bridgehead atoms. The first-order chi connectivity index (χ1) is 16.5. The fraction of sp³-hybridized carbons (Fsp3) is 0.423. The highest BCUT2D eigenvalue weighted by Gasteiger charge is 2.74. The van der Waals surface area contributed by atoms with Gasteiger partial charge in [-0.1, -0.05) is 48.5 Å². The van der Waals surface area contributed by atoms with Gasteiger partial charge in [0.15, 0.2) is 0 Å². The van der Waals surface area contributed by atoms with Gasteiger partial charge in [0.05, 0.1) is 30.6 Å². The maximum Gasteiger partial charge on any atom is 0.246 e. The summed E-state index contributed by atoms with van der Waals surface area (Å²) in [5.74, 6) is -2.38. The van der Waals surface area contributed by atoms with Crippen molar-refractivity contribution in [1.82, 2.24) is 10.2 Å². The van der Waals surface area contributed by atoms with Crippen molar-refractivity contribution in [3.05, 3.63) is 66.2 Å². The standard InChI is InChI=1S/C26H29N3O5/c1-16(15-30)29-22(24(32)27-14-17-8-4-2-5-9-17)26-13-12-19(34-26)20(21(26)25(29)33)23(31)28-18-10-6-3-7-11-18/h2-11,16,19-22,30H,12-15H2,1H3,(H,27,32)(H,28,31)/t16-,19+,20-,21+,22?,26?/m1/s1. The lowest BCUT2D eigenvalue weighted by Crippen LogP contribution is -2.57. The number of hydrogen-bond donors (Lipinski definition) is 3. The van der Waals surface area contributed by atoms with Gasteiger partial charge in [-0.05, 0) is 37.5 Å². The second kappa shape index (κ2) is 8.85. The summed E-state index contributed by atoms with van der Waals surface area (Å²) in [4.78, 5) is 42.0. The van der Waals surface area contributed by atoms with Crippen LogP contribution < -0.4 is 10.6 Å². The average molecular weight is 464 g/mol. The first-order valence-corrected chi connectivity index (χ1v) is 11.7. The van der Waals surface area contributed by atoms with Gasteiger partial charge < -0.3 is 25.4 Å².